The lowest BCUT2D eigenvalue weighted by Crippen LogP contribution is -2.45. The van der Waals surface area contributed by atoms with E-state index >= 15 is 0 Å². The van der Waals surface area contributed by atoms with E-state index in [1.165, 1.54) is 18.5 Å². The molecule has 1 aliphatic rings. The molecule has 19 heavy (non-hydrogen) atoms. The number of aromatic nitrogens is 1. The summed E-state index contributed by atoms with van der Waals surface area (Å²) in [6.07, 6.45) is 4.29. The Labute approximate surface area is 136 Å². The quantitative estimate of drug-likeness (QED) is 0.879. The zero-order chi connectivity index (χ0) is 12.1. The Morgan fingerprint density at radius 1 is 1.32 bits per heavy atom. The van der Waals surface area contributed by atoms with E-state index in [2.05, 4.69) is 50.2 Å². The average Bonchev–Trinajstić information content (AvgIpc) is 2.38. The highest BCUT2D eigenvalue weighted by Gasteiger charge is 2.22. The summed E-state index contributed by atoms with van der Waals surface area (Å²) in [4.78, 5) is 7.12. The highest BCUT2D eigenvalue weighted by atomic mass is 79.9. The van der Waals surface area contributed by atoms with E-state index in [0.717, 1.165) is 30.7 Å². The van der Waals surface area contributed by atoms with Crippen LogP contribution in [0.4, 0.5) is 0 Å². The van der Waals surface area contributed by atoms with Gasteiger partial charge in [-0.2, -0.15) is 0 Å². The Kier molecular flexibility index (Phi) is 10.0. The van der Waals surface area contributed by atoms with Crippen LogP contribution in [0.2, 0.25) is 0 Å². The van der Waals surface area contributed by atoms with Crippen molar-refractivity contribution in [3.8, 4) is 0 Å². The fraction of sp³-hybridized carbons (Fsp3) is 0.615. The Balaban J connectivity index is 0.00000162. The predicted octanol–water partition coefficient (Wildman–Crippen LogP) is 3.43. The van der Waals surface area contributed by atoms with Crippen LogP contribution in [0.5, 0.6) is 0 Å². The molecule has 0 saturated carbocycles. The summed E-state index contributed by atoms with van der Waals surface area (Å²) in [6, 6.07) is 4.72. The van der Waals surface area contributed by atoms with Gasteiger partial charge in [0.25, 0.3) is 0 Å². The van der Waals surface area contributed by atoms with Crippen molar-refractivity contribution < 1.29 is 0 Å². The van der Waals surface area contributed by atoms with E-state index in [4.69, 9.17) is 0 Å². The van der Waals surface area contributed by atoms with Crippen molar-refractivity contribution in [2.24, 2.45) is 0 Å². The molecule has 0 spiro atoms. The van der Waals surface area contributed by atoms with Crippen LogP contribution in [0.1, 0.15) is 31.5 Å². The summed E-state index contributed by atoms with van der Waals surface area (Å²) in [7, 11) is 0. The molecule has 0 aromatic carbocycles. The summed E-state index contributed by atoms with van der Waals surface area (Å²) in [6.45, 7) is 6.69. The predicted molar refractivity (Wildman–Crippen MR) is 88.5 cm³/mol. The van der Waals surface area contributed by atoms with Gasteiger partial charge >= 0.3 is 0 Å². The maximum absolute atomic E-state index is 4.56. The van der Waals surface area contributed by atoms with Gasteiger partial charge in [0.1, 0.15) is 0 Å². The highest BCUT2D eigenvalue weighted by molar-refractivity contribution is 9.10. The standard InChI is InChI=1S/C13H20BrN3.2ClH/c1-2-3-13(17-8-6-15-7-9-17)12-5-4-11(14)10-16-12;;/h4-5,10,13,15H,2-3,6-9H2,1H3;2*1H/t13-;;/m0../s1. The highest BCUT2D eigenvalue weighted by Crippen LogP contribution is 2.25. The molecule has 1 saturated heterocycles. The normalized spacial score (nSPS) is 17.2. The molecule has 0 amide bonds. The van der Waals surface area contributed by atoms with Crippen LogP contribution in [-0.2, 0) is 0 Å². The lowest BCUT2D eigenvalue weighted by molar-refractivity contribution is 0.161. The number of piperazine rings is 1. The summed E-state index contributed by atoms with van der Waals surface area (Å²) < 4.78 is 1.05. The SMILES string of the molecule is CCC[C@@H](c1ccc(Br)cn1)N1CCNCC1.Cl.Cl. The van der Waals surface area contributed by atoms with Gasteiger partial charge < -0.3 is 5.32 Å². The van der Waals surface area contributed by atoms with Crippen LogP contribution < -0.4 is 5.32 Å². The smallest absolute Gasteiger partial charge is 0.0576 e. The molecule has 2 rings (SSSR count). The molecule has 0 bridgehead atoms. The van der Waals surface area contributed by atoms with E-state index in [-0.39, 0.29) is 24.8 Å². The molecule has 1 N–H and O–H groups in total. The first-order chi connectivity index (χ1) is 8.31. The Morgan fingerprint density at radius 2 is 2.00 bits per heavy atom. The molecular weight excluding hydrogens is 349 g/mol. The van der Waals surface area contributed by atoms with Crippen molar-refractivity contribution in [2.45, 2.75) is 25.8 Å². The van der Waals surface area contributed by atoms with Gasteiger partial charge in [-0.1, -0.05) is 13.3 Å². The van der Waals surface area contributed by atoms with Crippen molar-refractivity contribution in [3.05, 3.63) is 28.5 Å². The van der Waals surface area contributed by atoms with Crippen LogP contribution in [0.25, 0.3) is 0 Å². The zero-order valence-corrected chi connectivity index (χ0v) is 14.4. The molecule has 1 aliphatic heterocycles. The maximum Gasteiger partial charge on any atom is 0.0576 e. The largest absolute Gasteiger partial charge is 0.314 e. The summed E-state index contributed by atoms with van der Waals surface area (Å²) >= 11 is 3.44. The van der Waals surface area contributed by atoms with Crippen LogP contribution in [-0.4, -0.2) is 36.1 Å². The van der Waals surface area contributed by atoms with Crippen LogP contribution >= 0.6 is 40.7 Å². The van der Waals surface area contributed by atoms with Crippen molar-refractivity contribution >= 4 is 40.7 Å². The van der Waals surface area contributed by atoms with E-state index in [1.54, 1.807) is 0 Å². The molecule has 110 valence electrons. The lowest BCUT2D eigenvalue weighted by atomic mass is 10.0. The first kappa shape index (κ1) is 19.1. The molecule has 1 aromatic rings. The molecule has 1 atom stereocenters. The lowest BCUT2D eigenvalue weighted by Gasteiger charge is -2.34. The number of nitrogens with one attached hydrogen (secondary N) is 1. The van der Waals surface area contributed by atoms with E-state index in [9.17, 15) is 0 Å². The average molecular weight is 371 g/mol. The second-order valence-electron chi connectivity index (χ2n) is 4.49. The fourth-order valence-corrected chi connectivity index (χ4v) is 2.60. The van der Waals surface area contributed by atoms with Crippen molar-refractivity contribution in [3.63, 3.8) is 0 Å². The number of hydrogen-bond donors (Lipinski definition) is 1. The second-order valence-corrected chi connectivity index (χ2v) is 5.41. The minimum atomic E-state index is 0. The van der Waals surface area contributed by atoms with Gasteiger partial charge in [-0.3, -0.25) is 9.88 Å². The van der Waals surface area contributed by atoms with Crippen molar-refractivity contribution in [2.75, 3.05) is 26.2 Å². The maximum atomic E-state index is 4.56. The number of nitrogens with zero attached hydrogens (tertiary/aromatic N) is 2. The topological polar surface area (TPSA) is 28.2 Å². The zero-order valence-electron chi connectivity index (χ0n) is 11.1. The number of pyridine rings is 1. The molecule has 2 heterocycles. The molecule has 0 unspecified atom stereocenters. The van der Waals surface area contributed by atoms with E-state index < -0.39 is 0 Å². The molecule has 1 fully saturated rings. The second kappa shape index (κ2) is 9.94. The van der Waals surface area contributed by atoms with Gasteiger partial charge in [0.05, 0.1) is 11.7 Å². The Bertz CT molecular complexity index is 342. The number of hydrogen-bond acceptors (Lipinski definition) is 3. The molecule has 6 heteroatoms. The van der Waals surface area contributed by atoms with Crippen molar-refractivity contribution in [1.82, 2.24) is 15.2 Å². The summed E-state index contributed by atoms with van der Waals surface area (Å²) in [5.74, 6) is 0. The van der Waals surface area contributed by atoms with E-state index in [1.807, 2.05) is 6.20 Å². The first-order valence-corrected chi connectivity index (χ1v) is 7.16. The first-order valence-electron chi connectivity index (χ1n) is 6.37. The van der Waals surface area contributed by atoms with E-state index in [0.29, 0.717) is 6.04 Å². The van der Waals surface area contributed by atoms with Crippen LogP contribution in [0.3, 0.4) is 0 Å². The Morgan fingerprint density at radius 3 is 2.53 bits per heavy atom. The van der Waals surface area contributed by atoms with Gasteiger partial charge in [0, 0.05) is 36.8 Å². The third-order valence-electron chi connectivity index (χ3n) is 3.25. The third-order valence-corrected chi connectivity index (χ3v) is 3.72. The minimum Gasteiger partial charge on any atom is -0.314 e. The monoisotopic (exact) mass is 369 g/mol. The van der Waals surface area contributed by atoms with Gasteiger partial charge in [0.15, 0.2) is 0 Å². The van der Waals surface area contributed by atoms with Crippen LogP contribution in [0.15, 0.2) is 22.8 Å². The molecule has 1 aromatic heterocycles. The van der Waals surface area contributed by atoms with Gasteiger partial charge in [-0.15, -0.1) is 24.8 Å². The number of halogens is 3. The fourth-order valence-electron chi connectivity index (χ4n) is 2.37. The van der Waals surface area contributed by atoms with Gasteiger partial charge in [-0.05, 0) is 34.5 Å². The third kappa shape index (κ3) is 5.56. The van der Waals surface area contributed by atoms with Crippen LogP contribution in [0, 0.1) is 0 Å². The van der Waals surface area contributed by atoms with Gasteiger partial charge in [-0.25, -0.2) is 0 Å². The molecule has 0 aliphatic carbocycles. The number of rotatable bonds is 4. The molecular formula is C13H22BrCl2N3. The molecule has 0 radical (unpaired) electrons. The van der Waals surface area contributed by atoms with Gasteiger partial charge in [0.2, 0.25) is 0 Å². The summed E-state index contributed by atoms with van der Waals surface area (Å²) in [5, 5.41) is 3.40. The van der Waals surface area contributed by atoms with Crippen molar-refractivity contribution in [1.29, 1.82) is 0 Å². The summed E-state index contributed by atoms with van der Waals surface area (Å²) in [5.41, 5.74) is 1.21. The Hall–Kier alpha value is 0.130. The molecule has 3 nitrogen and oxygen atoms in total. The minimum absolute atomic E-state index is 0.